The third kappa shape index (κ3) is 4.70. The molecule has 1 aliphatic carbocycles. The molecule has 0 saturated carbocycles. The zero-order valence-electron chi connectivity index (χ0n) is 14.8. The molecule has 0 aromatic carbocycles. The molecule has 1 aromatic heterocycles. The Labute approximate surface area is 162 Å². The average molecular weight is 416 g/mol. The number of hydrogen-bond acceptors (Lipinski definition) is 5. The predicted molar refractivity (Wildman–Crippen MR) is 94.3 cm³/mol. The van der Waals surface area contributed by atoms with E-state index in [9.17, 15) is 27.6 Å². The lowest BCUT2D eigenvalue weighted by Gasteiger charge is -2.11. The van der Waals surface area contributed by atoms with Gasteiger partial charge in [0.25, 0.3) is 5.78 Å². The van der Waals surface area contributed by atoms with E-state index in [4.69, 9.17) is 16.1 Å². The number of ketones is 1. The van der Waals surface area contributed by atoms with Crippen LogP contribution in [0.5, 0.6) is 0 Å². The number of nitrogens with zero attached hydrogens (tertiary/aromatic N) is 3. The molecule has 0 amide bonds. The van der Waals surface area contributed by atoms with Gasteiger partial charge in [-0.05, 0) is 12.5 Å². The van der Waals surface area contributed by atoms with Crippen LogP contribution in [0.1, 0.15) is 29.9 Å². The third-order valence-electron chi connectivity index (χ3n) is 3.60. The molecule has 2 rings (SSSR count). The molecule has 0 unspecified atom stereocenters. The van der Waals surface area contributed by atoms with Gasteiger partial charge in [0.2, 0.25) is 0 Å². The van der Waals surface area contributed by atoms with Crippen LogP contribution in [-0.2, 0) is 4.79 Å². The first-order valence-corrected chi connectivity index (χ1v) is 8.24. The van der Waals surface area contributed by atoms with Crippen molar-refractivity contribution in [2.24, 2.45) is 0 Å². The standard InChI is InChI=1S/C18H14ClF4N3O2/c1-26(2)9-13(17(27)18(21,22)23)16-12(8-24)15(25-28-16)11-7-10(19)5-3-4-6-14(11)20/h4-6,9H,3,7H2,1-2H3/b6-4?,10-5?,13-9-,14-11?. The average Bonchev–Trinajstić information content (AvgIpc) is 3.01. The maximum atomic E-state index is 14.5. The Balaban J connectivity index is 2.68. The lowest BCUT2D eigenvalue weighted by atomic mass is 9.98. The number of nitriles is 1. The van der Waals surface area contributed by atoms with Crippen LogP contribution in [0.2, 0.25) is 0 Å². The van der Waals surface area contributed by atoms with E-state index in [-0.39, 0.29) is 22.7 Å². The highest BCUT2D eigenvalue weighted by Gasteiger charge is 2.43. The second kappa shape index (κ2) is 8.44. The van der Waals surface area contributed by atoms with Gasteiger partial charge in [-0.3, -0.25) is 4.79 Å². The first-order valence-electron chi connectivity index (χ1n) is 7.86. The summed E-state index contributed by atoms with van der Waals surface area (Å²) in [5.41, 5.74) is -1.86. The normalized spacial score (nSPS) is 15.6. The van der Waals surface area contributed by atoms with Crippen molar-refractivity contribution < 1.29 is 26.9 Å². The number of allylic oxidation sites excluding steroid dienone is 7. The summed E-state index contributed by atoms with van der Waals surface area (Å²) in [6, 6.07) is 1.65. The van der Waals surface area contributed by atoms with Crippen LogP contribution < -0.4 is 0 Å². The van der Waals surface area contributed by atoms with Crippen LogP contribution in [0.25, 0.3) is 11.1 Å². The van der Waals surface area contributed by atoms with Crippen LogP contribution in [0.3, 0.4) is 0 Å². The van der Waals surface area contributed by atoms with E-state index in [0.29, 0.717) is 6.42 Å². The van der Waals surface area contributed by atoms with Gasteiger partial charge in [-0.15, -0.1) is 0 Å². The van der Waals surface area contributed by atoms with Gasteiger partial charge in [0.15, 0.2) is 5.76 Å². The van der Waals surface area contributed by atoms with Crippen LogP contribution in [0, 0.1) is 11.3 Å². The van der Waals surface area contributed by atoms with Gasteiger partial charge in [0.05, 0.1) is 5.57 Å². The smallest absolute Gasteiger partial charge is 0.383 e. The molecule has 1 aromatic rings. The Morgan fingerprint density at radius 3 is 2.68 bits per heavy atom. The molecule has 148 valence electrons. The summed E-state index contributed by atoms with van der Waals surface area (Å²) in [6.07, 6.45) is 0.138. The van der Waals surface area contributed by atoms with Crippen LogP contribution in [-0.4, -0.2) is 36.1 Å². The monoisotopic (exact) mass is 415 g/mol. The molecule has 0 atom stereocenters. The number of rotatable bonds is 4. The summed E-state index contributed by atoms with van der Waals surface area (Å²) in [5, 5.41) is 13.3. The molecule has 1 heterocycles. The van der Waals surface area contributed by atoms with E-state index in [0.717, 1.165) is 12.3 Å². The van der Waals surface area contributed by atoms with Crippen LogP contribution in [0.15, 0.2) is 39.8 Å². The second-order valence-corrected chi connectivity index (χ2v) is 6.46. The molecular weight excluding hydrogens is 402 g/mol. The Morgan fingerprint density at radius 1 is 1.43 bits per heavy atom. The number of carbonyl (C=O) groups is 1. The van der Waals surface area contributed by atoms with Gasteiger partial charge >= 0.3 is 6.18 Å². The summed E-state index contributed by atoms with van der Waals surface area (Å²) in [7, 11) is 2.78. The molecule has 0 spiro atoms. The summed E-state index contributed by atoms with van der Waals surface area (Å²) < 4.78 is 58.3. The van der Waals surface area contributed by atoms with Crippen molar-refractivity contribution in [1.82, 2.24) is 10.1 Å². The minimum absolute atomic E-state index is 0.132. The fourth-order valence-corrected chi connectivity index (χ4v) is 2.63. The fraction of sp³-hybridized carbons (Fsp3) is 0.278. The van der Waals surface area contributed by atoms with E-state index in [1.54, 1.807) is 12.1 Å². The maximum Gasteiger partial charge on any atom is 0.455 e. The highest BCUT2D eigenvalue weighted by molar-refractivity contribution is 6.30. The zero-order chi connectivity index (χ0) is 21.1. The summed E-state index contributed by atoms with van der Waals surface area (Å²) >= 11 is 6.01. The lowest BCUT2D eigenvalue weighted by Crippen LogP contribution is -2.25. The minimum Gasteiger partial charge on any atom is -0.383 e. The fourth-order valence-electron chi connectivity index (χ4n) is 2.41. The SMILES string of the molecule is CN(C)/C=C(\C(=O)C(F)(F)F)c1onc(C2=C(F)C=CCC=C(Cl)C2)c1C#N. The van der Waals surface area contributed by atoms with Crippen LogP contribution >= 0.6 is 11.6 Å². The van der Waals surface area contributed by atoms with E-state index in [2.05, 4.69) is 5.16 Å². The molecule has 1 aliphatic rings. The molecule has 0 aliphatic heterocycles. The van der Waals surface area contributed by atoms with Crippen molar-refractivity contribution >= 4 is 28.5 Å². The Kier molecular flexibility index (Phi) is 6.46. The molecule has 0 saturated heterocycles. The first kappa shape index (κ1) is 21.4. The predicted octanol–water partition coefficient (Wildman–Crippen LogP) is 4.73. The van der Waals surface area contributed by atoms with E-state index >= 15 is 0 Å². The van der Waals surface area contributed by atoms with Gasteiger partial charge in [-0.1, -0.05) is 28.9 Å². The number of alkyl halides is 3. The van der Waals surface area contributed by atoms with Gasteiger partial charge in [-0.25, -0.2) is 4.39 Å². The van der Waals surface area contributed by atoms with Gasteiger partial charge in [-0.2, -0.15) is 18.4 Å². The molecule has 10 heteroatoms. The van der Waals surface area contributed by atoms with Crippen molar-refractivity contribution in [3.8, 4) is 6.07 Å². The Hall–Kier alpha value is -2.86. The topological polar surface area (TPSA) is 70.1 Å². The number of carbonyl (C=O) groups excluding carboxylic acids is 1. The molecule has 28 heavy (non-hydrogen) atoms. The largest absolute Gasteiger partial charge is 0.455 e. The first-order chi connectivity index (χ1) is 13.1. The number of aromatic nitrogens is 1. The number of Topliss-reactive ketones (excluding diaryl/α,β-unsaturated/α-hetero) is 1. The number of hydrogen-bond donors (Lipinski definition) is 0. The van der Waals surface area contributed by atoms with Crippen molar-refractivity contribution in [3.05, 3.63) is 52.3 Å². The Bertz CT molecular complexity index is 947. The summed E-state index contributed by atoms with van der Waals surface area (Å²) in [5.74, 6) is -3.67. The highest BCUT2D eigenvalue weighted by Crippen LogP contribution is 2.36. The lowest BCUT2D eigenvalue weighted by molar-refractivity contribution is -0.164. The summed E-state index contributed by atoms with van der Waals surface area (Å²) in [6.45, 7) is 0. The molecule has 5 nitrogen and oxygen atoms in total. The molecule has 0 radical (unpaired) electrons. The molecular formula is C18H14ClF4N3O2. The summed E-state index contributed by atoms with van der Waals surface area (Å²) in [4.78, 5) is 13.0. The number of halogens is 5. The van der Waals surface area contributed by atoms with E-state index < -0.39 is 34.7 Å². The van der Waals surface area contributed by atoms with Crippen molar-refractivity contribution in [3.63, 3.8) is 0 Å². The van der Waals surface area contributed by atoms with Crippen LogP contribution in [0.4, 0.5) is 17.6 Å². The maximum absolute atomic E-state index is 14.5. The van der Waals surface area contributed by atoms with Gasteiger partial charge in [0, 0.05) is 37.3 Å². The Morgan fingerprint density at radius 2 is 2.11 bits per heavy atom. The van der Waals surface area contributed by atoms with Crippen molar-refractivity contribution in [2.45, 2.75) is 19.0 Å². The van der Waals surface area contributed by atoms with Crippen molar-refractivity contribution in [1.29, 1.82) is 5.26 Å². The van der Waals surface area contributed by atoms with E-state index in [1.165, 1.54) is 25.1 Å². The molecule has 0 fully saturated rings. The van der Waals surface area contributed by atoms with Gasteiger partial charge < -0.3 is 9.42 Å². The van der Waals surface area contributed by atoms with E-state index in [1.807, 2.05) is 0 Å². The minimum atomic E-state index is -5.21. The highest BCUT2D eigenvalue weighted by atomic mass is 35.5. The third-order valence-corrected chi connectivity index (χ3v) is 3.89. The quantitative estimate of drug-likeness (QED) is 0.525. The molecule has 0 bridgehead atoms. The molecule has 0 N–H and O–H groups in total. The zero-order valence-corrected chi connectivity index (χ0v) is 15.5. The van der Waals surface area contributed by atoms with Gasteiger partial charge in [0.1, 0.15) is 23.2 Å². The second-order valence-electron chi connectivity index (χ2n) is 5.97. The van der Waals surface area contributed by atoms with Crippen molar-refractivity contribution in [2.75, 3.05) is 14.1 Å².